The first-order valence-electron chi connectivity index (χ1n) is 6.67. The van der Waals surface area contributed by atoms with Crippen LogP contribution in [0.5, 0.6) is 0 Å². The number of ether oxygens (including phenoxy) is 3. The third kappa shape index (κ3) is 7.22. The van der Waals surface area contributed by atoms with Crippen molar-refractivity contribution in [2.24, 2.45) is 0 Å². The van der Waals surface area contributed by atoms with Crippen molar-refractivity contribution >= 4 is 17.9 Å². The maximum absolute atomic E-state index is 11.7. The largest absolute Gasteiger partial charge is 0.415 e. The third-order valence-electron chi connectivity index (χ3n) is 2.15. The van der Waals surface area contributed by atoms with E-state index in [1.54, 1.807) is 0 Å². The summed E-state index contributed by atoms with van der Waals surface area (Å²) in [5, 5.41) is 0. The highest BCUT2D eigenvalue weighted by molar-refractivity contribution is 5.90. The zero-order chi connectivity index (χ0) is 18.9. The normalized spacial score (nSPS) is 9.62. The summed E-state index contributed by atoms with van der Waals surface area (Å²) in [6.07, 6.45) is 4.89. The molecule has 0 N–H and O–H groups in total. The van der Waals surface area contributed by atoms with Gasteiger partial charge in [-0.3, -0.25) is 0 Å². The summed E-state index contributed by atoms with van der Waals surface area (Å²) in [4.78, 5) is 35.2. The van der Waals surface area contributed by atoms with Crippen LogP contribution < -0.4 is 0 Å². The number of carbonyl (C=O) groups is 3. The van der Waals surface area contributed by atoms with Crippen LogP contribution in [0.15, 0.2) is 66.9 Å². The Kier molecular flexibility index (Phi) is 8.50. The lowest BCUT2D eigenvalue weighted by Crippen LogP contribution is -2.16. The summed E-state index contributed by atoms with van der Waals surface area (Å²) in [5.74, 6) is -3.60. The highest BCUT2D eigenvalue weighted by atomic mass is 16.7. The maximum Gasteiger partial charge on any atom is 0.340 e. The Morgan fingerprint density at radius 3 is 1.50 bits per heavy atom. The van der Waals surface area contributed by atoms with Gasteiger partial charge in [0.15, 0.2) is 0 Å². The molecule has 0 aliphatic heterocycles. The van der Waals surface area contributed by atoms with Gasteiger partial charge in [0.2, 0.25) is 5.76 Å². The fraction of sp³-hybridized carbons (Fsp3) is 0.167. The van der Waals surface area contributed by atoms with Crippen LogP contribution in [-0.2, 0) is 28.6 Å². The fourth-order valence-electron chi connectivity index (χ4n) is 0.916. The number of allylic oxidation sites excluding steroid dienone is 3. The lowest BCUT2D eigenvalue weighted by atomic mass is 10.3. The molecule has 0 saturated carbocycles. The van der Waals surface area contributed by atoms with E-state index in [-0.39, 0.29) is 22.5 Å². The number of hydrogen-bond acceptors (Lipinski definition) is 6. The van der Waals surface area contributed by atoms with Crippen LogP contribution in [0.3, 0.4) is 0 Å². The molecule has 0 aromatic heterocycles. The van der Waals surface area contributed by atoms with Gasteiger partial charge in [0.05, 0.1) is 0 Å². The molecule has 127 valence electrons. The molecule has 0 fully saturated rings. The molecule has 0 spiro atoms. The molecule has 0 heterocycles. The molecule has 0 aliphatic rings. The van der Waals surface area contributed by atoms with Gasteiger partial charge in [-0.25, -0.2) is 14.4 Å². The molecule has 1 radical (unpaired) electrons. The molecule has 0 bridgehead atoms. The molecule has 0 unspecified atom stereocenters. The van der Waals surface area contributed by atoms with Gasteiger partial charge in [-0.15, -0.1) is 0 Å². The molecule has 0 atom stereocenters. The summed E-state index contributed by atoms with van der Waals surface area (Å²) in [6, 6.07) is 0. The van der Waals surface area contributed by atoms with Gasteiger partial charge in [0.25, 0.3) is 0 Å². The van der Waals surface area contributed by atoms with Gasteiger partial charge in [-0.05, 0) is 32.9 Å². The van der Waals surface area contributed by atoms with Crippen LogP contribution in [-0.4, -0.2) is 17.9 Å². The molecule has 6 heteroatoms. The van der Waals surface area contributed by atoms with Crippen molar-refractivity contribution < 1.29 is 28.6 Å². The summed E-state index contributed by atoms with van der Waals surface area (Å²) in [6.45, 7) is 17.9. The van der Waals surface area contributed by atoms with Gasteiger partial charge < -0.3 is 14.2 Å². The molecular weight excluding hydrogens is 312 g/mol. The molecule has 0 aliphatic carbocycles. The Labute approximate surface area is 141 Å². The second-order valence-corrected chi connectivity index (χ2v) is 4.68. The van der Waals surface area contributed by atoms with Crippen molar-refractivity contribution in [3.63, 3.8) is 0 Å². The molecule has 0 aromatic carbocycles. The van der Waals surface area contributed by atoms with E-state index in [1.165, 1.54) is 26.8 Å². The van der Waals surface area contributed by atoms with Crippen molar-refractivity contribution in [2.45, 2.75) is 20.8 Å². The van der Waals surface area contributed by atoms with E-state index in [4.69, 9.17) is 14.2 Å². The second kappa shape index (κ2) is 9.78. The van der Waals surface area contributed by atoms with Gasteiger partial charge in [-0.2, -0.15) is 0 Å². The number of hydrogen-bond donors (Lipinski definition) is 0. The quantitative estimate of drug-likeness (QED) is 0.294. The second-order valence-electron chi connectivity index (χ2n) is 4.68. The zero-order valence-electron chi connectivity index (χ0n) is 13.9. The minimum absolute atomic E-state index is 0.0427. The summed E-state index contributed by atoms with van der Waals surface area (Å²) in [5.41, 5.74) is 0.165. The Morgan fingerprint density at radius 2 is 1.17 bits per heavy atom. The lowest BCUT2D eigenvalue weighted by Gasteiger charge is -2.13. The molecule has 0 rings (SSSR count). The van der Waals surface area contributed by atoms with Gasteiger partial charge >= 0.3 is 23.9 Å². The molecular formula is C18H19O6. The first-order valence-corrected chi connectivity index (χ1v) is 6.67. The van der Waals surface area contributed by atoms with Gasteiger partial charge in [-0.1, -0.05) is 32.4 Å². The Morgan fingerprint density at radius 1 is 0.792 bits per heavy atom. The van der Waals surface area contributed by atoms with Gasteiger partial charge in [0.1, 0.15) is 0 Å². The van der Waals surface area contributed by atoms with E-state index in [1.807, 2.05) is 0 Å². The van der Waals surface area contributed by atoms with Crippen molar-refractivity contribution in [1.29, 1.82) is 0 Å². The van der Waals surface area contributed by atoms with E-state index >= 15 is 0 Å². The average molecular weight is 331 g/mol. The minimum Gasteiger partial charge on any atom is -0.415 e. The molecule has 0 saturated heterocycles. The van der Waals surface area contributed by atoms with Crippen LogP contribution in [0.1, 0.15) is 20.8 Å². The molecule has 0 amide bonds. The van der Waals surface area contributed by atoms with Crippen LogP contribution in [0.25, 0.3) is 0 Å². The molecule has 0 aromatic rings. The first-order chi connectivity index (χ1) is 11.1. The van der Waals surface area contributed by atoms with E-state index in [2.05, 4.69) is 32.4 Å². The standard InChI is InChI=1S/C18H19O6/c1-8-9-10-14(22-15(19)11(2)3)18(23-16(20)12(4)5)24-17(21)13(6)7/h8,10H,1-2,4,6H2,3,5,7H3. The van der Waals surface area contributed by atoms with Crippen LogP contribution in [0, 0.1) is 6.08 Å². The summed E-state index contributed by atoms with van der Waals surface area (Å²) < 4.78 is 14.8. The van der Waals surface area contributed by atoms with E-state index in [0.717, 1.165) is 6.08 Å². The summed E-state index contributed by atoms with van der Waals surface area (Å²) >= 11 is 0. The van der Waals surface area contributed by atoms with Crippen molar-refractivity contribution in [3.05, 3.63) is 73.0 Å². The van der Waals surface area contributed by atoms with Crippen LogP contribution in [0.2, 0.25) is 0 Å². The topological polar surface area (TPSA) is 78.9 Å². The monoisotopic (exact) mass is 331 g/mol. The smallest absolute Gasteiger partial charge is 0.340 e. The Bertz CT molecular complexity index is 631. The number of rotatable bonds is 8. The predicted molar refractivity (Wildman–Crippen MR) is 87.8 cm³/mol. The number of carbonyl (C=O) groups excluding carboxylic acids is 3. The van der Waals surface area contributed by atoms with E-state index < -0.39 is 23.9 Å². The third-order valence-corrected chi connectivity index (χ3v) is 2.15. The molecule has 6 nitrogen and oxygen atoms in total. The maximum atomic E-state index is 11.7. The average Bonchev–Trinajstić information content (AvgIpc) is 2.49. The lowest BCUT2D eigenvalue weighted by molar-refractivity contribution is -0.151. The Balaban J connectivity index is 5.97. The van der Waals surface area contributed by atoms with E-state index in [9.17, 15) is 14.4 Å². The van der Waals surface area contributed by atoms with Crippen molar-refractivity contribution in [1.82, 2.24) is 0 Å². The SMILES string of the molecule is C=C/[C]=C/C(OC(=O)C(=C)C)=C(OC(=O)C(=C)C)OC(=O)C(=C)C. The molecule has 24 heavy (non-hydrogen) atoms. The predicted octanol–water partition coefficient (Wildman–Crippen LogP) is 3.06. The summed E-state index contributed by atoms with van der Waals surface area (Å²) in [7, 11) is 0. The highest BCUT2D eigenvalue weighted by Gasteiger charge is 2.21. The van der Waals surface area contributed by atoms with Crippen LogP contribution >= 0.6 is 0 Å². The van der Waals surface area contributed by atoms with Crippen molar-refractivity contribution in [3.8, 4) is 0 Å². The first kappa shape index (κ1) is 20.9. The van der Waals surface area contributed by atoms with Crippen LogP contribution in [0.4, 0.5) is 0 Å². The van der Waals surface area contributed by atoms with Crippen molar-refractivity contribution in [2.75, 3.05) is 0 Å². The highest BCUT2D eigenvalue weighted by Crippen LogP contribution is 2.17. The zero-order valence-corrected chi connectivity index (χ0v) is 13.9. The Hall–Kier alpha value is -3.15. The minimum atomic E-state index is -0.879. The van der Waals surface area contributed by atoms with Gasteiger partial charge in [0, 0.05) is 16.7 Å². The fourth-order valence-corrected chi connectivity index (χ4v) is 0.916. The van der Waals surface area contributed by atoms with E-state index in [0.29, 0.717) is 0 Å². The number of esters is 3.